The fraction of sp³-hybridized carbons (Fsp3) is 0.261. The van der Waals surface area contributed by atoms with Gasteiger partial charge in [-0.1, -0.05) is 48.5 Å². The van der Waals surface area contributed by atoms with Crippen molar-refractivity contribution in [3.05, 3.63) is 89.7 Å². The molecule has 0 bridgehead atoms. The molecular formula is C23H25N3O2. The lowest BCUT2D eigenvalue weighted by Crippen LogP contribution is -2.42. The Morgan fingerprint density at radius 3 is 2.68 bits per heavy atom. The minimum atomic E-state index is -0.161. The molecule has 0 saturated carbocycles. The number of ether oxygens (including phenoxy) is 1. The fourth-order valence-corrected chi connectivity index (χ4v) is 3.84. The minimum absolute atomic E-state index is 0.0607. The average molecular weight is 375 g/mol. The third-order valence-electron chi connectivity index (χ3n) is 5.14. The van der Waals surface area contributed by atoms with E-state index < -0.39 is 0 Å². The second kappa shape index (κ2) is 8.31. The zero-order valence-corrected chi connectivity index (χ0v) is 16.0. The van der Waals surface area contributed by atoms with Crippen LogP contribution in [0.3, 0.4) is 0 Å². The summed E-state index contributed by atoms with van der Waals surface area (Å²) in [6, 6.07) is 22.4. The summed E-state index contributed by atoms with van der Waals surface area (Å²) in [6.07, 6.45) is 2.86. The van der Waals surface area contributed by atoms with Gasteiger partial charge in [0.1, 0.15) is 0 Å². The predicted octanol–water partition coefficient (Wildman–Crippen LogP) is 4.13. The van der Waals surface area contributed by atoms with Crippen LogP contribution in [0.1, 0.15) is 29.3 Å². The number of urea groups is 1. The van der Waals surface area contributed by atoms with Gasteiger partial charge in [-0.05, 0) is 35.7 Å². The number of fused-ring (bicyclic) bond motifs is 3. The Labute approximate surface area is 165 Å². The Morgan fingerprint density at radius 2 is 1.86 bits per heavy atom. The summed E-state index contributed by atoms with van der Waals surface area (Å²) < 4.78 is 7.29. The molecule has 0 saturated heterocycles. The molecule has 3 aromatic rings. The topological polar surface area (TPSA) is 46.5 Å². The van der Waals surface area contributed by atoms with Crippen LogP contribution in [0, 0.1) is 0 Å². The van der Waals surface area contributed by atoms with E-state index in [0.29, 0.717) is 19.7 Å². The van der Waals surface area contributed by atoms with Crippen LogP contribution in [-0.2, 0) is 11.3 Å². The Hall–Kier alpha value is -3.05. The number of benzene rings is 2. The molecule has 0 aliphatic carbocycles. The SMILES string of the molecule is COCCCNC(=O)N1Cc2ccccc2-n2cccc2[C@H]1c1ccccc1. The summed E-state index contributed by atoms with van der Waals surface area (Å²) >= 11 is 0. The number of rotatable bonds is 5. The van der Waals surface area contributed by atoms with Crippen LogP contribution in [0.5, 0.6) is 0 Å². The highest BCUT2D eigenvalue weighted by Crippen LogP contribution is 2.36. The molecule has 0 spiro atoms. The molecular weight excluding hydrogens is 350 g/mol. The average Bonchev–Trinajstić information content (AvgIpc) is 3.16. The van der Waals surface area contributed by atoms with E-state index in [1.807, 2.05) is 41.3 Å². The Bertz CT molecular complexity index is 936. The maximum absolute atomic E-state index is 13.2. The van der Waals surface area contributed by atoms with Crippen LogP contribution in [0.4, 0.5) is 4.79 Å². The van der Waals surface area contributed by atoms with Gasteiger partial charge in [-0.3, -0.25) is 0 Å². The smallest absolute Gasteiger partial charge is 0.318 e. The summed E-state index contributed by atoms with van der Waals surface area (Å²) in [5.41, 5.74) is 4.44. The van der Waals surface area contributed by atoms with E-state index in [1.165, 1.54) is 0 Å². The monoisotopic (exact) mass is 375 g/mol. The number of hydrogen-bond acceptors (Lipinski definition) is 2. The van der Waals surface area contributed by atoms with E-state index in [0.717, 1.165) is 28.9 Å². The van der Waals surface area contributed by atoms with Gasteiger partial charge in [0, 0.05) is 32.2 Å². The molecule has 0 fully saturated rings. The number of methoxy groups -OCH3 is 1. The first-order valence-corrected chi connectivity index (χ1v) is 9.63. The van der Waals surface area contributed by atoms with E-state index in [1.54, 1.807) is 7.11 Å². The molecule has 1 aromatic heterocycles. The van der Waals surface area contributed by atoms with Crippen molar-refractivity contribution in [1.82, 2.24) is 14.8 Å². The predicted molar refractivity (Wildman–Crippen MR) is 109 cm³/mol. The lowest BCUT2D eigenvalue weighted by Gasteiger charge is -2.31. The number of carbonyl (C=O) groups excluding carboxylic acids is 1. The normalized spacial score (nSPS) is 15.5. The highest BCUT2D eigenvalue weighted by Gasteiger charge is 2.32. The number of aromatic nitrogens is 1. The molecule has 144 valence electrons. The van der Waals surface area contributed by atoms with Gasteiger partial charge in [0.2, 0.25) is 0 Å². The zero-order valence-electron chi connectivity index (χ0n) is 16.0. The summed E-state index contributed by atoms with van der Waals surface area (Å²) in [5, 5.41) is 3.07. The first-order chi connectivity index (χ1) is 13.8. The third-order valence-corrected chi connectivity index (χ3v) is 5.14. The lowest BCUT2D eigenvalue weighted by molar-refractivity contribution is 0.174. The van der Waals surface area contributed by atoms with Gasteiger partial charge >= 0.3 is 6.03 Å². The number of carbonyl (C=O) groups is 1. The van der Waals surface area contributed by atoms with Crippen LogP contribution < -0.4 is 5.32 Å². The quantitative estimate of drug-likeness (QED) is 0.682. The molecule has 0 radical (unpaired) electrons. The van der Waals surface area contributed by atoms with Crippen molar-refractivity contribution in [1.29, 1.82) is 0 Å². The fourth-order valence-electron chi connectivity index (χ4n) is 3.84. The van der Waals surface area contributed by atoms with E-state index >= 15 is 0 Å². The summed E-state index contributed by atoms with van der Waals surface area (Å²) in [7, 11) is 1.67. The number of nitrogens with zero attached hydrogens (tertiary/aromatic N) is 2. The van der Waals surface area contributed by atoms with Gasteiger partial charge in [-0.15, -0.1) is 0 Å². The van der Waals surface area contributed by atoms with Crippen LogP contribution in [0.2, 0.25) is 0 Å². The molecule has 1 aliphatic heterocycles. The van der Waals surface area contributed by atoms with Gasteiger partial charge in [0.05, 0.1) is 18.3 Å². The molecule has 2 aromatic carbocycles. The number of nitrogens with one attached hydrogen (secondary N) is 1. The van der Waals surface area contributed by atoms with Gasteiger partial charge in [-0.2, -0.15) is 0 Å². The van der Waals surface area contributed by atoms with Gasteiger partial charge in [0.25, 0.3) is 0 Å². The van der Waals surface area contributed by atoms with Crippen molar-refractivity contribution in [2.45, 2.75) is 19.0 Å². The second-order valence-electron chi connectivity index (χ2n) is 6.95. The van der Waals surface area contributed by atoms with Crippen molar-refractivity contribution < 1.29 is 9.53 Å². The largest absolute Gasteiger partial charge is 0.385 e. The van der Waals surface area contributed by atoms with Crippen molar-refractivity contribution in [2.75, 3.05) is 20.3 Å². The van der Waals surface area contributed by atoms with E-state index in [-0.39, 0.29) is 12.1 Å². The van der Waals surface area contributed by atoms with Crippen molar-refractivity contribution in [3.8, 4) is 5.69 Å². The van der Waals surface area contributed by atoms with Crippen molar-refractivity contribution in [2.24, 2.45) is 0 Å². The minimum Gasteiger partial charge on any atom is -0.385 e. The zero-order chi connectivity index (χ0) is 19.3. The first-order valence-electron chi connectivity index (χ1n) is 9.63. The van der Waals surface area contributed by atoms with Crippen LogP contribution in [-0.4, -0.2) is 35.8 Å². The van der Waals surface area contributed by atoms with E-state index in [2.05, 4.69) is 46.4 Å². The number of para-hydroxylation sites is 1. The molecule has 5 nitrogen and oxygen atoms in total. The standard InChI is InChI=1S/C23H25N3O2/c1-28-16-8-14-24-23(27)26-17-19-11-5-6-12-20(19)25-15-7-13-21(25)22(26)18-9-3-2-4-10-18/h2-7,9-13,15,22H,8,14,16-17H2,1H3,(H,24,27)/t22-/m1/s1. The molecule has 2 heterocycles. The van der Waals surface area contributed by atoms with Gasteiger partial charge in [0.15, 0.2) is 0 Å². The molecule has 5 heteroatoms. The summed E-state index contributed by atoms with van der Waals surface area (Å²) in [4.78, 5) is 15.1. The molecule has 0 unspecified atom stereocenters. The first kappa shape index (κ1) is 18.3. The Balaban J connectivity index is 1.75. The van der Waals surface area contributed by atoms with Crippen molar-refractivity contribution in [3.63, 3.8) is 0 Å². The maximum Gasteiger partial charge on any atom is 0.318 e. The number of amides is 2. The highest BCUT2D eigenvalue weighted by atomic mass is 16.5. The Morgan fingerprint density at radius 1 is 1.07 bits per heavy atom. The molecule has 4 rings (SSSR count). The lowest BCUT2D eigenvalue weighted by atomic mass is 10.0. The van der Waals surface area contributed by atoms with Crippen LogP contribution in [0.15, 0.2) is 72.9 Å². The molecule has 28 heavy (non-hydrogen) atoms. The van der Waals surface area contributed by atoms with Crippen LogP contribution >= 0.6 is 0 Å². The summed E-state index contributed by atoms with van der Waals surface area (Å²) in [6.45, 7) is 1.77. The molecule has 2 amide bonds. The Kier molecular flexibility index (Phi) is 5.44. The van der Waals surface area contributed by atoms with E-state index in [4.69, 9.17) is 4.74 Å². The second-order valence-corrected chi connectivity index (χ2v) is 6.95. The third kappa shape index (κ3) is 3.53. The molecule has 1 N–H and O–H groups in total. The van der Waals surface area contributed by atoms with E-state index in [9.17, 15) is 4.79 Å². The maximum atomic E-state index is 13.2. The highest BCUT2D eigenvalue weighted by molar-refractivity contribution is 5.76. The summed E-state index contributed by atoms with van der Waals surface area (Å²) in [5.74, 6) is 0. The van der Waals surface area contributed by atoms with Gasteiger partial charge < -0.3 is 19.5 Å². The van der Waals surface area contributed by atoms with Gasteiger partial charge in [-0.25, -0.2) is 4.79 Å². The molecule has 1 aliphatic rings. The molecule has 1 atom stereocenters. The van der Waals surface area contributed by atoms with Crippen molar-refractivity contribution >= 4 is 6.03 Å². The van der Waals surface area contributed by atoms with Crippen LogP contribution in [0.25, 0.3) is 5.69 Å². The number of hydrogen-bond donors (Lipinski definition) is 1.